The summed E-state index contributed by atoms with van der Waals surface area (Å²) in [6.07, 6.45) is -1.36. The van der Waals surface area contributed by atoms with Gasteiger partial charge in [-0.15, -0.1) is 0 Å². The maximum atomic E-state index is 13.1. The van der Waals surface area contributed by atoms with Crippen molar-refractivity contribution in [2.75, 3.05) is 5.32 Å². The fourth-order valence-electron chi connectivity index (χ4n) is 2.11. The first kappa shape index (κ1) is 19.2. The second-order valence-corrected chi connectivity index (χ2v) is 5.54. The Morgan fingerprint density at radius 2 is 1.69 bits per heavy atom. The third kappa shape index (κ3) is 5.47. The van der Waals surface area contributed by atoms with Crippen LogP contribution in [0.5, 0.6) is 0 Å². The zero-order chi connectivity index (χ0) is 19.1. The molecule has 2 rings (SSSR count). The number of rotatable bonds is 7. The lowest BCUT2D eigenvalue weighted by molar-refractivity contribution is -0.153. The van der Waals surface area contributed by atoms with Gasteiger partial charge in [0, 0.05) is 23.7 Å². The second-order valence-electron chi connectivity index (χ2n) is 5.54. The minimum atomic E-state index is -1.15. The predicted octanol–water partition coefficient (Wildman–Crippen LogP) is 3.50. The van der Waals surface area contributed by atoms with Crippen LogP contribution in [0.3, 0.4) is 0 Å². The number of amides is 1. The van der Waals surface area contributed by atoms with Crippen LogP contribution in [-0.2, 0) is 14.3 Å². The van der Waals surface area contributed by atoms with Gasteiger partial charge < -0.3 is 10.1 Å². The Morgan fingerprint density at radius 1 is 1.00 bits per heavy atom. The SMILES string of the molecule is C[C@@H](OC(=O)CCC(=O)c1ccccc1)C(=O)Nc1ccc(F)c(F)c1. The molecule has 7 heteroatoms. The van der Waals surface area contributed by atoms with E-state index in [1.807, 2.05) is 0 Å². The molecule has 0 radical (unpaired) electrons. The summed E-state index contributed by atoms with van der Waals surface area (Å²) in [7, 11) is 0. The molecule has 0 bridgehead atoms. The topological polar surface area (TPSA) is 72.5 Å². The van der Waals surface area contributed by atoms with E-state index < -0.39 is 29.6 Å². The number of ketones is 1. The first-order valence-corrected chi connectivity index (χ1v) is 7.90. The van der Waals surface area contributed by atoms with Gasteiger partial charge in [-0.1, -0.05) is 30.3 Å². The summed E-state index contributed by atoms with van der Waals surface area (Å²) < 4.78 is 30.9. The molecule has 1 N–H and O–H groups in total. The average molecular weight is 361 g/mol. The molecule has 1 atom stereocenters. The number of carbonyl (C=O) groups is 3. The minimum Gasteiger partial charge on any atom is -0.453 e. The van der Waals surface area contributed by atoms with Crippen molar-refractivity contribution in [2.24, 2.45) is 0 Å². The molecular weight excluding hydrogens is 344 g/mol. The summed E-state index contributed by atoms with van der Waals surface area (Å²) in [5, 5.41) is 2.32. The third-order valence-electron chi connectivity index (χ3n) is 3.52. The summed E-state index contributed by atoms with van der Waals surface area (Å²) in [6, 6.07) is 11.4. The molecule has 2 aromatic carbocycles. The van der Waals surface area contributed by atoms with E-state index in [1.54, 1.807) is 30.3 Å². The first-order chi connectivity index (χ1) is 12.4. The number of Topliss-reactive ketones (excluding diaryl/α,β-unsaturated/α-hetero) is 1. The smallest absolute Gasteiger partial charge is 0.307 e. The summed E-state index contributed by atoms with van der Waals surface area (Å²) in [6.45, 7) is 1.34. The van der Waals surface area contributed by atoms with Gasteiger partial charge in [0.15, 0.2) is 23.5 Å². The van der Waals surface area contributed by atoms with E-state index in [0.29, 0.717) is 5.56 Å². The Kier molecular flexibility index (Phi) is 6.54. The monoisotopic (exact) mass is 361 g/mol. The number of anilines is 1. The van der Waals surface area contributed by atoms with Crippen LogP contribution in [0.25, 0.3) is 0 Å². The third-order valence-corrected chi connectivity index (χ3v) is 3.52. The Labute approximate surface area is 149 Å². The Balaban J connectivity index is 1.81. The van der Waals surface area contributed by atoms with E-state index in [0.717, 1.165) is 12.1 Å². The number of esters is 1. The van der Waals surface area contributed by atoms with Crippen LogP contribution < -0.4 is 5.32 Å². The maximum absolute atomic E-state index is 13.1. The Bertz CT molecular complexity index is 808. The molecule has 2 aromatic rings. The highest BCUT2D eigenvalue weighted by atomic mass is 19.2. The molecule has 0 saturated carbocycles. The zero-order valence-electron chi connectivity index (χ0n) is 14.0. The largest absolute Gasteiger partial charge is 0.453 e. The van der Waals surface area contributed by atoms with Crippen molar-refractivity contribution >= 4 is 23.3 Å². The van der Waals surface area contributed by atoms with Crippen LogP contribution in [-0.4, -0.2) is 23.8 Å². The van der Waals surface area contributed by atoms with Crippen molar-refractivity contribution in [3.05, 3.63) is 65.7 Å². The number of ether oxygens (including phenoxy) is 1. The lowest BCUT2D eigenvalue weighted by atomic mass is 10.1. The van der Waals surface area contributed by atoms with Gasteiger partial charge in [0.2, 0.25) is 0 Å². The highest BCUT2D eigenvalue weighted by Gasteiger charge is 2.19. The van der Waals surface area contributed by atoms with E-state index in [4.69, 9.17) is 4.74 Å². The second kappa shape index (κ2) is 8.84. The molecular formula is C19H17F2NO4. The van der Waals surface area contributed by atoms with E-state index in [2.05, 4.69) is 5.32 Å². The molecule has 136 valence electrons. The van der Waals surface area contributed by atoms with E-state index in [1.165, 1.54) is 13.0 Å². The predicted molar refractivity (Wildman–Crippen MR) is 90.5 cm³/mol. The van der Waals surface area contributed by atoms with Crippen LogP contribution >= 0.6 is 0 Å². The number of nitrogens with one attached hydrogen (secondary N) is 1. The van der Waals surface area contributed by atoms with E-state index >= 15 is 0 Å². The van der Waals surface area contributed by atoms with Crippen LogP contribution in [0.4, 0.5) is 14.5 Å². The molecule has 26 heavy (non-hydrogen) atoms. The molecule has 0 saturated heterocycles. The standard InChI is InChI=1S/C19H17F2NO4/c1-12(19(25)22-14-7-8-15(20)16(21)11-14)26-18(24)10-9-17(23)13-5-3-2-4-6-13/h2-8,11-12H,9-10H2,1H3,(H,22,25)/t12-/m1/s1. The van der Waals surface area contributed by atoms with E-state index in [9.17, 15) is 23.2 Å². The maximum Gasteiger partial charge on any atom is 0.307 e. The zero-order valence-corrected chi connectivity index (χ0v) is 14.0. The fourth-order valence-corrected chi connectivity index (χ4v) is 2.11. The molecule has 0 aromatic heterocycles. The summed E-state index contributed by atoms with van der Waals surface area (Å²) in [5.41, 5.74) is 0.528. The van der Waals surface area contributed by atoms with Gasteiger partial charge in [-0.2, -0.15) is 0 Å². The number of carbonyl (C=O) groups excluding carboxylic acids is 3. The fraction of sp³-hybridized carbons (Fsp3) is 0.211. The lowest BCUT2D eigenvalue weighted by Crippen LogP contribution is -2.30. The van der Waals surface area contributed by atoms with Gasteiger partial charge in [0.25, 0.3) is 5.91 Å². The van der Waals surface area contributed by atoms with Crippen molar-refractivity contribution < 1.29 is 27.9 Å². The highest BCUT2D eigenvalue weighted by Crippen LogP contribution is 2.14. The van der Waals surface area contributed by atoms with Gasteiger partial charge in [-0.05, 0) is 19.1 Å². The molecule has 0 aliphatic carbocycles. The summed E-state index contributed by atoms with van der Waals surface area (Å²) >= 11 is 0. The van der Waals surface area contributed by atoms with Gasteiger partial charge >= 0.3 is 5.97 Å². The molecule has 0 spiro atoms. The van der Waals surface area contributed by atoms with Crippen LogP contribution in [0.1, 0.15) is 30.1 Å². The average Bonchev–Trinajstić information content (AvgIpc) is 2.63. The normalized spacial score (nSPS) is 11.5. The molecule has 1 amide bonds. The van der Waals surface area contributed by atoms with Crippen LogP contribution in [0, 0.1) is 11.6 Å². The summed E-state index contributed by atoms with van der Waals surface area (Å²) in [4.78, 5) is 35.6. The van der Waals surface area contributed by atoms with Crippen molar-refractivity contribution in [3.63, 3.8) is 0 Å². The van der Waals surface area contributed by atoms with Gasteiger partial charge in [-0.25, -0.2) is 8.78 Å². The quantitative estimate of drug-likeness (QED) is 0.605. The molecule has 0 heterocycles. The van der Waals surface area contributed by atoms with Crippen molar-refractivity contribution in [1.29, 1.82) is 0 Å². The van der Waals surface area contributed by atoms with Crippen LogP contribution in [0.2, 0.25) is 0 Å². The van der Waals surface area contributed by atoms with Crippen molar-refractivity contribution in [2.45, 2.75) is 25.9 Å². The van der Waals surface area contributed by atoms with Gasteiger partial charge in [0.05, 0.1) is 6.42 Å². The number of hydrogen-bond acceptors (Lipinski definition) is 4. The van der Waals surface area contributed by atoms with Crippen LogP contribution in [0.15, 0.2) is 48.5 Å². The van der Waals surface area contributed by atoms with Gasteiger partial charge in [0.1, 0.15) is 0 Å². The minimum absolute atomic E-state index is 0.0380. The van der Waals surface area contributed by atoms with Gasteiger partial charge in [-0.3, -0.25) is 14.4 Å². The highest BCUT2D eigenvalue weighted by molar-refractivity contribution is 5.98. The Morgan fingerprint density at radius 3 is 2.35 bits per heavy atom. The first-order valence-electron chi connectivity index (χ1n) is 7.90. The molecule has 0 fully saturated rings. The molecule has 0 aliphatic rings. The lowest BCUT2D eigenvalue weighted by Gasteiger charge is -2.13. The van der Waals surface area contributed by atoms with E-state index in [-0.39, 0.29) is 24.3 Å². The number of benzene rings is 2. The molecule has 5 nitrogen and oxygen atoms in total. The Hall–Kier alpha value is -3.09. The van der Waals surface area contributed by atoms with Crippen molar-refractivity contribution in [3.8, 4) is 0 Å². The number of hydrogen-bond donors (Lipinski definition) is 1. The molecule has 0 unspecified atom stereocenters. The number of halogens is 2. The summed E-state index contributed by atoms with van der Waals surface area (Å²) in [5.74, 6) is -3.75. The van der Waals surface area contributed by atoms with Crippen molar-refractivity contribution in [1.82, 2.24) is 0 Å². The molecule has 0 aliphatic heterocycles.